The van der Waals surface area contributed by atoms with Crippen molar-refractivity contribution in [3.05, 3.63) is 59.4 Å². The van der Waals surface area contributed by atoms with Gasteiger partial charge in [0.15, 0.2) is 0 Å². The summed E-state index contributed by atoms with van der Waals surface area (Å²) in [5.74, 6) is 0.171. The largest absolute Gasteiger partial charge is 0.385 e. The number of halogens is 1. The number of carbonyl (C=O) groups excluding carboxylic acids is 1. The average molecular weight is 344 g/mol. The second-order valence-electron chi connectivity index (χ2n) is 6.38. The van der Waals surface area contributed by atoms with Crippen LogP contribution >= 0.6 is 12.4 Å². The first-order valence-electron chi connectivity index (χ1n) is 8.38. The molecular formula is C19H22ClN3O. The molecule has 1 aliphatic carbocycles. The lowest BCUT2D eigenvalue weighted by molar-refractivity contribution is 0.0728. The number of fused-ring (bicyclic) bond motifs is 1. The lowest BCUT2D eigenvalue weighted by Crippen LogP contribution is -2.33. The van der Waals surface area contributed by atoms with Gasteiger partial charge in [-0.1, -0.05) is 6.07 Å². The second kappa shape index (κ2) is 7.22. The zero-order valence-corrected chi connectivity index (χ0v) is 14.4. The predicted molar refractivity (Wildman–Crippen MR) is 97.6 cm³/mol. The Hall–Kier alpha value is -2.07. The number of pyridine rings is 1. The Balaban J connectivity index is 0.00000169. The number of hydrogen-bond acceptors (Lipinski definition) is 3. The number of nitrogens with zero attached hydrogens (tertiary/aromatic N) is 2. The molecule has 1 aromatic carbocycles. The second-order valence-corrected chi connectivity index (χ2v) is 6.38. The SMILES string of the molecule is Cl.O=C(c1cccc2c1CCCN2)N(Cc1ccncc1)C1CC1. The first-order chi connectivity index (χ1) is 11.3. The summed E-state index contributed by atoms with van der Waals surface area (Å²) in [6, 6.07) is 10.4. The number of rotatable bonds is 4. The lowest BCUT2D eigenvalue weighted by Gasteiger charge is -2.26. The third kappa shape index (κ3) is 3.39. The molecule has 0 spiro atoms. The first-order valence-corrected chi connectivity index (χ1v) is 8.38. The first kappa shape index (κ1) is 16.8. The van der Waals surface area contributed by atoms with E-state index in [9.17, 15) is 4.79 Å². The quantitative estimate of drug-likeness (QED) is 0.921. The maximum atomic E-state index is 13.2. The van der Waals surface area contributed by atoms with Crippen molar-refractivity contribution in [1.82, 2.24) is 9.88 Å². The van der Waals surface area contributed by atoms with Gasteiger partial charge >= 0.3 is 0 Å². The molecule has 0 radical (unpaired) electrons. The van der Waals surface area contributed by atoms with Crippen LogP contribution in [0.5, 0.6) is 0 Å². The van der Waals surface area contributed by atoms with Gasteiger partial charge in [-0.05, 0) is 61.1 Å². The average Bonchev–Trinajstić information content (AvgIpc) is 3.44. The van der Waals surface area contributed by atoms with Gasteiger partial charge in [0, 0.05) is 42.8 Å². The normalized spacial score (nSPS) is 15.7. The maximum absolute atomic E-state index is 13.2. The fourth-order valence-corrected chi connectivity index (χ4v) is 3.30. The van der Waals surface area contributed by atoms with E-state index in [4.69, 9.17) is 0 Å². The summed E-state index contributed by atoms with van der Waals surface area (Å²) in [5.41, 5.74) is 4.32. The van der Waals surface area contributed by atoms with Crippen molar-refractivity contribution in [2.45, 2.75) is 38.3 Å². The molecule has 24 heavy (non-hydrogen) atoms. The lowest BCUT2D eigenvalue weighted by atomic mass is 9.96. The maximum Gasteiger partial charge on any atom is 0.254 e. The van der Waals surface area contributed by atoms with Crippen LogP contribution in [0.1, 0.15) is 40.7 Å². The van der Waals surface area contributed by atoms with Crippen LogP contribution in [-0.4, -0.2) is 28.4 Å². The number of anilines is 1. The molecule has 2 aromatic rings. The van der Waals surface area contributed by atoms with Crippen molar-refractivity contribution in [3.63, 3.8) is 0 Å². The number of benzene rings is 1. The zero-order valence-electron chi connectivity index (χ0n) is 13.6. The standard InChI is InChI=1S/C19H21N3O.ClH/c23-19(17-3-1-5-18-16(17)4-2-10-21-18)22(15-6-7-15)13-14-8-11-20-12-9-14;/h1,3,5,8-9,11-12,15,21H,2,4,6-7,10,13H2;1H. The summed E-state index contributed by atoms with van der Waals surface area (Å²) in [6.45, 7) is 1.66. The molecule has 2 heterocycles. The van der Waals surface area contributed by atoms with Crippen LogP contribution < -0.4 is 5.32 Å². The Kier molecular flexibility index (Phi) is 5.05. The fourth-order valence-electron chi connectivity index (χ4n) is 3.30. The van der Waals surface area contributed by atoms with E-state index in [2.05, 4.69) is 16.4 Å². The molecule has 4 rings (SSSR count). The van der Waals surface area contributed by atoms with Crippen LogP contribution in [0.3, 0.4) is 0 Å². The van der Waals surface area contributed by atoms with Gasteiger partial charge in [-0.15, -0.1) is 12.4 Å². The highest BCUT2D eigenvalue weighted by atomic mass is 35.5. The molecule has 0 atom stereocenters. The molecule has 1 aromatic heterocycles. The monoisotopic (exact) mass is 343 g/mol. The Labute approximate surface area is 148 Å². The van der Waals surface area contributed by atoms with Gasteiger partial charge in [0.05, 0.1) is 0 Å². The van der Waals surface area contributed by atoms with Crippen LogP contribution in [0.25, 0.3) is 0 Å². The van der Waals surface area contributed by atoms with Gasteiger partial charge in [0.1, 0.15) is 0 Å². The van der Waals surface area contributed by atoms with E-state index in [0.29, 0.717) is 12.6 Å². The van der Waals surface area contributed by atoms with Crippen molar-refractivity contribution in [3.8, 4) is 0 Å². The van der Waals surface area contributed by atoms with E-state index in [1.165, 1.54) is 5.56 Å². The molecule has 0 bridgehead atoms. The summed E-state index contributed by atoms with van der Waals surface area (Å²) < 4.78 is 0. The zero-order chi connectivity index (χ0) is 15.6. The van der Waals surface area contributed by atoms with Gasteiger partial charge in [0.25, 0.3) is 5.91 Å². The van der Waals surface area contributed by atoms with E-state index < -0.39 is 0 Å². The number of aromatic nitrogens is 1. The van der Waals surface area contributed by atoms with Crippen molar-refractivity contribution in [2.24, 2.45) is 0 Å². The van der Waals surface area contributed by atoms with Crippen LogP contribution in [0.4, 0.5) is 5.69 Å². The van der Waals surface area contributed by atoms with Crippen molar-refractivity contribution in [1.29, 1.82) is 0 Å². The number of nitrogens with one attached hydrogen (secondary N) is 1. The molecular weight excluding hydrogens is 322 g/mol. The van der Waals surface area contributed by atoms with E-state index in [1.54, 1.807) is 12.4 Å². The molecule has 126 valence electrons. The predicted octanol–water partition coefficient (Wildman–Crippen LogP) is 3.67. The van der Waals surface area contributed by atoms with Crippen molar-refractivity contribution >= 4 is 24.0 Å². The van der Waals surface area contributed by atoms with E-state index in [0.717, 1.165) is 49.0 Å². The van der Waals surface area contributed by atoms with Crippen LogP contribution in [0.15, 0.2) is 42.7 Å². The molecule has 0 unspecified atom stereocenters. The number of carbonyl (C=O) groups is 1. The third-order valence-electron chi connectivity index (χ3n) is 4.68. The van der Waals surface area contributed by atoms with Gasteiger partial charge < -0.3 is 10.2 Å². The van der Waals surface area contributed by atoms with Crippen LogP contribution in [-0.2, 0) is 13.0 Å². The third-order valence-corrected chi connectivity index (χ3v) is 4.68. The molecule has 2 aliphatic rings. The van der Waals surface area contributed by atoms with Gasteiger partial charge in [0.2, 0.25) is 0 Å². The molecule has 0 saturated heterocycles. The summed E-state index contributed by atoms with van der Waals surface area (Å²) in [4.78, 5) is 19.3. The van der Waals surface area contributed by atoms with E-state index in [-0.39, 0.29) is 18.3 Å². The summed E-state index contributed by atoms with van der Waals surface area (Å²) in [5, 5.41) is 3.41. The number of hydrogen-bond donors (Lipinski definition) is 1. The van der Waals surface area contributed by atoms with Gasteiger partial charge in [-0.25, -0.2) is 0 Å². The Morgan fingerprint density at radius 1 is 1.21 bits per heavy atom. The molecule has 4 nitrogen and oxygen atoms in total. The summed E-state index contributed by atoms with van der Waals surface area (Å²) in [7, 11) is 0. The summed E-state index contributed by atoms with van der Waals surface area (Å²) in [6.07, 6.45) is 7.88. The molecule has 1 fully saturated rings. The van der Waals surface area contributed by atoms with Crippen molar-refractivity contribution < 1.29 is 4.79 Å². The molecule has 1 saturated carbocycles. The topological polar surface area (TPSA) is 45.2 Å². The highest BCUT2D eigenvalue weighted by Gasteiger charge is 2.34. The molecule has 1 aliphatic heterocycles. The Bertz CT molecular complexity index is 716. The number of amides is 1. The van der Waals surface area contributed by atoms with E-state index >= 15 is 0 Å². The minimum Gasteiger partial charge on any atom is -0.385 e. The van der Waals surface area contributed by atoms with Crippen LogP contribution in [0.2, 0.25) is 0 Å². The van der Waals surface area contributed by atoms with Gasteiger partial charge in [-0.2, -0.15) is 0 Å². The highest BCUT2D eigenvalue weighted by Crippen LogP contribution is 2.32. The van der Waals surface area contributed by atoms with Crippen LogP contribution in [0, 0.1) is 0 Å². The minimum atomic E-state index is 0. The smallest absolute Gasteiger partial charge is 0.254 e. The summed E-state index contributed by atoms with van der Waals surface area (Å²) >= 11 is 0. The Morgan fingerprint density at radius 2 is 2.00 bits per heavy atom. The van der Waals surface area contributed by atoms with Gasteiger partial charge in [-0.3, -0.25) is 9.78 Å². The molecule has 5 heteroatoms. The molecule has 1 amide bonds. The Morgan fingerprint density at radius 3 is 2.75 bits per heavy atom. The minimum absolute atomic E-state index is 0. The van der Waals surface area contributed by atoms with E-state index in [1.807, 2.05) is 29.2 Å². The molecule has 1 N–H and O–H groups in total. The highest BCUT2D eigenvalue weighted by molar-refractivity contribution is 5.97. The fraction of sp³-hybridized carbons (Fsp3) is 0.368. The van der Waals surface area contributed by atoms with Crippen molar-refractivity contribution in [2.75, 3.05) is 11.9 Å².